The van der Waals surface area contributed by atoms with Crippen LogP contribution in [0.5, 0.6) is 11.5 Å². The molecule has 1 aromatic heterocycles. The van der Waals surface area contributed by atoms with Crippen LogP contribution in [0.25, 0.3) is 11.3 Å². The molecular formula is C20H16BrN3O6. The highest BCUT2D eigenvalue weighted by molar-refractivity contribution is 9.10. The summed E-state index contributed by atoms with van der Waals surface area (Å²) in [7, 11) is 1.50. The second-order valence-corrected chi connectivity index (χ2v) is 6.80. The number of halogens is 1. The number of non-ortho nitro benzene ring substituents is 1. The quantitative estimate of drug-likeness (QED) is 0.298. The number of carbonyl (C=O) groups is 1. The van der Waals surface area contributed by atoms with E-state index in [1.165, 1.54) is 25.5 Å². The first-order valence-corrected chi connectivity index (χ1v) is 9.38. The van der Waals surface area contributed by atoms with Crippen LogP contribution in [-0.2, 0) is 4.79 Å². The minimum absolute atomic E-state index is 0.0335. The summed E-state index contributed by atoms with van der Waals surface area (Å²) in [6.07, 6.45) is 1.32. The summed E-state index contributed by atoms with van der Waals surface area (Å²) < 4.78 is 17.0. The summed E-state index contributed by atoms with van der Waals surface area (Å²) in [6.45, 7) is -0.258. The Morgan fingerprint density at radius 1 is 1.23 bits per heavy atom. The normalized spacial score (nSPS) is 10.7. The zero-order valence-corrected chi connectivity index (χ0v) is 17.3. The van der Waals surface area contributed by atoms with E-state index in [1.54, 1.807) is 42.5 Å². The third-order valence-electron chi connectivity index (χ3n) is 3.83. The van der Waals surface area contributed by atoms with Crippen LogP contribution < -0.4 is 14.9 Å². The van der Waals surface area contributed by atoms with E-state index in [2.05, 4.69) is 26.5 Å². The van der Waals surface area contributed by atoms with Gasteiger partial charge in [-0.25, -0.2) is 5.43 Å². The highest BCUT2D eigenvalue weighted by Gasteiger charge is 2.10. The fraction of sp³-hybridized carbons (Fsp3) is 0.100. The van der Waals surface area contributed by atoms with Crippen molar-refractivity contribution < 1.29 is 23.6 Å². The lowest BCUT2D eigenvalue weighted by Crippen LogP contribution is -2.24. The van der Waals surface area contributed by atoms with Gasteiger partial charge in [-0.3, -0.25) is 14.9 Å². The monoisotopic (exact) mass is 473 g/mol. The minimum atomic E-state index is -0.476. The largest absolute Gasteiger partial charge is 0.493 e. The lowest BCUT2D eigenvalue weighted by Gasteiger charge is -2.09. The van der Waals surface area contributed by atoms with Crippen molar-refractivity contribution in [3.63, 3.8) is 0 Å². The Morgan fingerprint density at radius 3 is 2.83 bits per heavy atom. The summed E-state index contributed by atoms with van der Waals surface area (Å²) in [5, 5.41) is 14.7. The fourth-order valence-electron chi connectivity index (χ4n) is 2.45. The number of hydrogen-bond donors (Lipinski definition) is 1. The minimum Gasteiger partial charge on any atom is -0.493 e. The summed E-state index contributed by atoms with van der Waals surface area (Å²) in [4.78, 5) is 22.3. The van der Waals surface area contributed by atoms with Crippen molar-refractivity contribution in [1.29, 1.82) is 0 Å². The van der Waals surface area contributed by atoms with Crippen molar-refractivity contribution in [2.24, 2.45) is 5.10 Å². The van der Waals surface area contributed by atoms with Crippen LogP contribution in [0.1, 0.15) is 5.76 Å². The Morgan fingerprint density at radius 2 is 2.07 bits per heavy atom. The number of carbonyl (C=O) groups excluding carboxylic acids is 1. The summed E-state index contributed by atoms with van der Waals surface area (Å²) in [5.41, 5.74) is 2.86. The molecule has 1 heterocycles. The second-order valence-electron chi connectivity index (χ2n) is 5.89. The van der Waals surface area contributed by atoms with Crippen LogP contribution in [0.15, 0.2) is 68.6 Å². The van der Waals surface area contributed by atoms with Crippen molar-refractivity contribution in [1.82, 2.24) is 5.43 Å². The van der Waals surface area contributed by atoms with Gasteiger partial charge in [0, 0.05) is 22.2 Å². The standard InChI is InChI=1S/C20H16BrN3O6/c1-28-19-10-14(21)5-7-18(19)29-12-20(25)23-22-11-16-6-8-17(30-16)13-3-2-4-15(9-13)24(26)27/h2-11H,12H2,1H3,(H,23,25)/b22-11+. The number of nitrogens with zero attached hydrogens (tertiary/aromatic N) is 2. The first kappa shape index (κ1) is 21.1. The number of methoxy groups -OCH3 is 1. The van der Waals surface area contributed by atoms with E-state index in [-0.39, 0.29) is 12.3 Å². The first-order valence-electron chi connectivity index (χ1n) is 8.59. The summed E-state index contributed by atoms with van der Waals surface area (Å²) in [5.74, 6) is 1.25. The van der Waals surface area contributed by atoms with Crippen LogP contribution in [0.4, 0.5) is 5.69 Å². The van der Waals surface area contributed by atoms with Crippen LogP contribution in [0, 0.1) is 10.1 Å². The molecule has 0 saturated heterocycles. The van der Waals surface area contributed by atoms with Gasteiger partial charge in [-0.15, -0.1) is 0 Å². The number of rotatable bonds is 8. The molecule has 0 fully saturated rings. The molecule has 0 bridgehead atoms. The molecule has 2 aromatic carbocycles. The van der Waals surface area contributed by atoms with Crippen LogP contribution in [0.2, 0.25) is 0 Å². The lowest BCUT2D eigenvalue weighted by molar-refractivity contribution is -0.384. The Labute approximate surface area is 179 Å². The third-order valence-corrected chi connectivity index (χ3v) is 4.33. The Bertz CT molecular complexity index is 1100. The highest BCUT2D eigenvalue weighted by atomic mass is 79.9. The summed E-state index contributed by atoms with van der Waals surface area (Å²) in [6, 6.07) is 14.5. The predicted octanol–water partition coefficient (Wildman–Crippen LogP) is 4.16. The molecule has 0 unspecified atom stereocenters. The molecule has 0 saturated carbocycles. The molecule has 0 aliphatic heterocycles. The molecule has 0 aliphatic rings. The molecular weight excluding hydrogens is 458 g/mol. The van der Waals surface area contributed by atoms with Gasteiger partial charge in [-0.05, 0) is 30.3 Å². The van der Waals surface area contributed by atoms with E-state index in [4.69, 9.17) is 13.9 Å². The average molecular weight is 474 g/mol. The molecule has 10 heteroatoms. The average Bonchev–Trinajstić information content (AvgIpc) is 3.21. The van der Waals surface area contributed by atoms with Crippen LogP contribution in [-0.4, -0.2) is 30.8 Å². The number of benzene rings is 2. The zero-order chi connectivity index (χ0) is 21.5. The Hall–Kier alpha value is -3.66. The third kappa shape index (κ3) is 5.45. The maximum Gasteiger partial charge on any atom is 0.277 e. The number of nitrogens with one attached hydrogen (secondary N) is 1. The number of furan rings is 1. The Kier molecular flexibility index (Phi) is 6.81. The molecule has 30 heavy (non-hydrogen) atoms. The van der Waals surface area contributed by atoms with Gasteiger partial charge in [0.25, 0.3) is 11.6 Å². The van der Waals surface area contributed by atoms with Gasteiger partial charge >= 0.3 is 0 Å². The number of nitro benzene ring substituents is 1. The van der Waals surface area contributed by atoms with Gasteiger partial charge in [0.1, 0.15) is 11.5 Å². The molecule has 0 aliphatic carbocycles. The van der Waals surface area contributed by atoms with Gasteiger partial charge in [-0.2, -0.15) is 5.10 Å². The van der Waals surface area contributed by atoms with Crippen molar-refractivity contribution in [2.45, 2.75) is 0 Å². The fourth-order valence-corrected chi connectivity index (χ4v) is 2.79. The topological polar surface area (TPSA) is 116 Å². The molecule has 0 radical (unpaired) electrons. The van der Waals surface area contributed by atoms with Gasteiger partial charge in [0.2, 0.25) is 0 Å². The SMILES string of the molecule is COc1cc(Br)ccc1OCC(=O)N/N=C/c1ccc(-c2cccc([N+](=O)[O-])c2)o1. The number of ether oxygens (including phenoxy) is 2. The number of hydrazone groups is 1. The van der Waals surface area contributed by atoms with E-state index in [0.717, 1.165) is 4.47 Å². The van der Waals surface area contributed by atoms with Gasteiger partial charge in [0.05, 0.1) is 18.2 Å². The van der Waals surface area contributed by atoms with E-state index in [9.17, 15) is 14.9 Å². The number of nitro groups is 1. The molecule has 1 amide bonds. The van der Waals surface area contributed by atoms with E-state index in [1.807, 2.05) is 0 Å². The zero-order valence-electron chi connectivity index (χ0n) is 15.7. The van der Waals surface area contributed by atoms with Gasteiger partial charge in [0.15, 0.2) is 18.1 Å². The first-order chi connectivity index (χ1) is 14.5. The van der Waals surface area contributed by atoms with E-state index >= 15 is 0 Å². The Balaban J connectivity index is 1.55. The van der Waals surface area contributed by atoms with Crippen molar-refractivity contribution in [3.8, 4) is 22.8 Å². The lowest BCUT2D eigenvalue weighted by atomic mass is 10.1. The molecule has 3 aromatic rings. The number of hydrogen-bond acceptors (Lipinski definition) is 7. The molecule has 1 N–H and O–H groups in total. The smallest absolute Gasteiger partial charge is 0.277 e. The van der Waals surface area contributed by atoms with Crippen LogP contribution >= 0.6 is 15.9 Å². The van der Waals surface area contributed by atoms with E-state index < -0.39 is 10.8 Å². The van der Waals surface area contributed by atoms with E-state index in [0.29, 0.717) is 28.6 Å². The maximum atomic E-state index is 11.9. The van der Waals surface area contributed by atoms with Crippen molar-refractivity contribution in [2.75, 3.05) is 13.7 Å². The molecule has 3 rings (SSSR count). The molecule has 9 nitrogen and oxygen atoms in total. The second kappa shape index (κ2) is 9.70. The van der Waals surface area contributed by atoms with Crippen molar-refractivity contribution in [3.05, 3.63) is 74.9 Å². The molecule has 0 atom stereocenters. The maximum absolute atomic E-state index is 11.9. The van der Waals surface area contributed by atoms with Crippen molar-refractivity contribution >= 4 is 33.7 Å². The highest BCUT2D eigenvalue weighted by Crippen LogP contribution is 2.30. The van der Waals surface area contributed by atoms with Gasteiger partial charge in [-0.1, -0.05) is 28.1 Å². The predicted molar refractivity (Wildman–Crippen MR) is 113 cm³/mol. The molecule has 154 valence electrons. The summed E-state index contributed by atoms with van der Waals surface area (Å²) >= 11 is 3.33. The van der Waals surface area contributed by atoms with Crippen LogP contribution in [0.3, 0.4) is 0 Å². The molecule has 0 spiro atoms. The van der Waals surface area contributed by atoms with Gasteiger partial charge < -0.3 is 13.9 Å². The number of amides is 1.